The Morgan fingerprint density at radius 1 is 1.20 bits per heavy atom. The first-order valence-corrected chi connectivity index (χ1v) is 7.31. The molecule has 0 unspecified atom stereocenters. The maximum Gasteiger partial charge on any atom is 0.133 e. The number of hydrogen-bond acceptors (Lipinski definition) is 3. The average molecular weight is 282 g/mol. The summed E-state index contributed by atoms with van der Waals surface area (Å²) in [6, 6.07) is 1.01. The van der Waals surface area contributed by atoms with Crippen molar-refractivity contribution in [3.05, 3.63) is 28.8 Å². The highest BCUT2D eigenvalue weighted by molar-refractivity contribution is 5.44. The van der Waals surface area contributed by atoms with E-state index in [0.29, 0.717) is 36.3 Å². The number of rotatable bonds is 3. The number of benzene rings is 1. The fraction of sp³-hybridized carbons (Fsp3) is 0.600. The van der Waals surface area contributed by atoms with E-state index in [2.05, 4.69) is 10.2 Å². The lowest BCUT2D eigenvalue weighted by molar-refractivity contribution is 0.238. The van der Waals surface area contributed by atoms with Crippen LogP contribution in [0.25, 0.3) is 0 Å². The number of nitrogens with one attached hydrogen (secondary N) is 1. The molecule has 5 heteroatoms. The van der Waals surface area contributed by atoms with Crippen LogP contribution in [0.5, 0.6) is 5.75 Å². The van der Waals surface area contributed by atoms with Crippen LogP contribution < -0.4 is 10.1 Å². The molecule has 110 valence electrons. The Kier molecular flexibility index (Phi) is 4.17. The Labute approximate surface area is 117 Å². The average Bonchev–Trinajstić information content (AvgIpc) is 2.48. The van der Waals surface area contributed by atoms with E-state index in [0.717, 1.165) is 45.2 Å². The maximum absolute atomic E-state index is 14.0. The summed E-state index contributed by atoms with van der Waals surface area (Å²) in [7, 11) is 0. The first-order valence-electron chi connectivity index (χ1n) is 7.31. The molecule has 1 fully saturated rings. The van der Waals surface area contributed by atoms with Crippen molar-refractivity contribution in [3.63, 3.8) is 0 Å². The molecule has 0 radical (unpaired) electrons. The summed E-state index contributed by atoms with van der Waals surface area (Å²) in [5.41, 5.74) is 1.09. The van der Waals surface area contributed by atoms with Gasteiger partial charge in [0.1, 0.15) is 17.4 Å². The first kappa shape index (κ1) is 13.8. The van der Waals surface area contributed by atoms with Gasteiger partial charge in [0.2, 0.25) is 0 Å². The Morgan fingerprint density at radius 2 is 2.00 bits per heavy atom. The molecule has 3 rings (SSSR count). The Hall–Kier alpha value is -1.20. The molecule has 0 bridgehead atoms. The van der Waals surface area contributed by atoms with E-state index in [4.69, 9.17) is 4.74 Å². The van der Waals surface area contributed by atoms with Crippen molar-refractivity contribution in [1.82, 2.24) is 10.2 Å². The standard InChI is InChI=1S/C15H20F2N2O/c16-13-10-14(17)12(15-11(13)2-1-9-20-15)3-6-19-7-4-18-5-8-19/h10,18H,1-9H2. The van der Waals surface area contributed by atoms with Gasteiger partial charge < -0.3 is 15.0 Å². The molecular weight excluding hydrogens is 262 g/mol. The van der Waals surface area contributed by atoms with Crippen molar-refractivity contribution < 1.29 is 13.5 Å². The number of halogens is 2. The zero-order valence-corrected chi connectivity index (χ0v) is 11.6. The zero-order chi connectivity index (χ0) is 13.9. The van der Waals surface area contributed by atoms with E-state index in [1.807, 2.05) is 0 Å². The Bertz CT molecular complexity index is 487. The molecule has 2 aliphatic heterocycles. The van der Waals surface area contributed by atoms with E-state index in [1.165, 1.54) is 0 Å². The second kappa shape index (κ2) is 6.06. The number of ether oxygens (including phenoxy) is 1. The lowest BCUT2D eigenvalue weighted by atomic mass is 9.99. The lowest BCUT2D eigenvalue weighted by Crippen LogP contribution is -2.44. The number of hydrogen-bond donors (Lipinski definition) is 1. The molecule has 0 aliphatic carbocycles. The van der Waals surface area contributed by atoms with Gasteiger partial charge in [-0.25, -0.2) is 8.78 Å². The maximum atomic E-state index is 14.0. The van der Waals surface area contributed by atoms with Gasteiger partial charge in [-0.05, 0) is 19.3 Å². The van der Waals surface area contributed by atoms with Gasteiger partial charge in [-0.1, -0.05) is 0 Å². The van der Waals surface area contributed by atoms with Crippen molar-refractivity contribution in [2.75, 3.05) is 39.3 Å². The van der Waals surface area contributed by atoms with E-state index in [1.54, 1.807) is 0 Å². The van der Waals surface area contributed by atoms with E-state index < -0.39 is 11.6 Å². The molecular formula is C15H20F2N2O. The largest absolute Gasteiger partial charge is 0.493 e. The number of piperazine rings is 1. The van der Waals surface area contributed by atoms with E-state index in [-0.39, 0.29) is 0 Å². The van der Waals surface area contributed by atoms with E-state index >= 15 is 0 Å². The first-order chi connectivity index (χ1) is 9.75. The highest BCUT2D eigenvalue weighted by Gasteiger charge is 2.23. The van der Waals surface area contributed by atoms with Crippen LogP contribution in [-0.4, -0.2) is 44.2 Å². The van der Waals surface area contributed by atoms with Gasteiger partial charge in [-0.3, -0.25) is 0 Å². The zero-order valence-electron chi connectivity index (χ0n) is 11.6. The smallest absolute Gasteiger partial charge is 0.133 e. The predicted octanol–water partition coefficient (Wildman–Crippen LogP) is 1.74. The Morgan fingerprint density at radius 3 is 2.80 bits per heavy atom. The molecule has 1 aromatic rings. The second-order valence-electron chi connectivity index (χ2n) is 5.42. The van der Waals surface area contributed by atoms with Crippen LogP contribution in [0, 0.1) is 11.6 Å². The van der Waals surface area contributed by atoms with Gasteiger partial charge in [0.25, 0.3) is 0 Å². The topological polar surface area (TPSA) is 24.5 Å². The quantitative estimate of drug-likeness (QED) is 0.914. The second-order valence-corrected chi connectivity index (χ2v) is 5.42. The summed E-state index contributed by atoms with van der Waals surface area (Å²) in [4.78, 5) is 2.30. The van der Waals surface area contributed by atoms with Gasteiger partial charge in [0.05, 0.1) is 6.61 Å². The van der Waals surface area contributed by atoms with Crippen LogP contribution in [-0.2, 0) is 12.8 Å². The summed E-state index contributed by atoms with van der Waals surface area (Å²) >= 11 is 0. The minimum Gasteiger partial charge on any atom is -0.493 e. The van der Waals surface area contributed by atoms with Crippen molar-refractivity contribution in [2.24, 2.45) is 0 Å². The van der Waals surface area contributed by atoms with Crippen LogP contribution in [0.3, 0.4) is 0 Å². The molecule has 1 aromatic carbocycles. The molecule has 2 heterocycles. The van der Waals surface area contributed by atoms with Crippen LogP contribution in [0.2, 0.25) is 0 Å². The molecule has 0 aromatic heterocycles. The Balaban J connectivity index is 1.77. The number of fused-ring (bicyclic) bond motifs is 1. The normalized spacial score (nSPS) is 19.5. The fourth-order valence-electron chi connectivity index (χ4n) is 2.95. The van der Waals surface area contributed by atoms with Crippen molar-refractivity contribution in [1.29, 1.82) is 0 Å². The predicted molar refractivity (Wildman–Crippen MR) is 73.2 cm³/mol. The summed E-state index contributed by atoms with van der Waals surface area (Å²) < 4.78 is 33.4. The van der Waals surface area contributed by atoms with E-state index in [9.17, 15) is 8.78 Å². The lowest BCUT2D eigenvalue weighted by Gasteiger charge is -2.28. The van der Waals surface area contributed by atoms with Gasteiger partial charge in [0, 0.05) is 49.9 Å². The van der Waals surface area contributed by atoms with Gasteiger partial charge >= 0.3 is 0 Å². The van der Waals surface area contributed by atoms with Crippen molar-refractivity contribution >= 4 is 0 Å². The van der Waals surface area contributed by atoms with Crippen LogP contribution in [0.1, 0.15) is 17.5 Å². The van der Waals surface area contributed by atoms with Crippen molar-refractivity contribution in [3.8, 4) is 5.75 Å². The van der Waals surface area contributed by atoms with Gasteiger partial charge in [-0.15, -0.1) is 0 Å². The molecule has 2 aliphatic rings. The highest BCUT2D eigenvalue weighted by Crippen LogP contribution is 2.33. The monoisotopic (exact) mass is 282 g/mol. The molecule has 0 atom stereocenters. The van der Waals surface area contributed by atoms with Crippen LogP contribution in [0.4, 0.5) is 8.78 Å². The molecule has 1 saturated heterocycles. The fourth-order valence-corrected chi connectivity index (χ4v) is 2.95. The molecule has 0 spiro atoms. The summed E-state index contributed by atoms with van der Waals surface area (Å²) in [5.74, 6) is -0.481. The third kappa shape index (κ3) is 2.79. The van der Waals surface area contributed by atoms with Crippen molar-refractivity contribution in [2.45, 2.75) is 19.3 Å². The van der Waals surface area contributed by atoms with Gasteiger partial charge in [0.15, 0.2) is 0 Å². The highest BCUT2D eigenvalue weighted by atomic mass is 19.1. The minimum absolute atomic E-state index is 0.462. The molecule has 3 nitrogen and oxygen atoms in total. The summed E-state index contributed by atoms with van der Waals surface area (Å²) in [6.45, 7) is 5.25. The molecule has 0 saturated carbocycles. The summed E-state index contributed by atoms with van der Waals surface area (Å²) in [5, 5.41) is 3.29. The van der Waals surface area contributed by atoms with Crippen LogP contribution >= 0.6 is 0 Å². The molecule has 0 amide bonds. The molecule has 20 heavy (non-hydrogen) atoms. The SMILES string of the molecule is Fc1cc(F)c(CCN2CCNCC2)c2c1CCCO2. The third-order valence-electron chi connectivity index (χ3n) is 4.08. The minimum atomic E-state index is -0.474. The third-order valence-corrected chi connectivity index (χ3v) is 4.08. The number of nitrogens with zero attached hydrogens (tertiary/aromatic N) is 1. The molecule has 1 N–H and O–H groups in total. The van der Waals surface area contributed by atoms with Crippen LogP contribution in [0.15, 0.2) is 6.07 Å². The van der Waals surface area contributed by atoms with Gasteiger partial charge in [-0.2, -0.15) is 0 Å². The summed E-state index contributed by atoms with van der Waals surface area (Å²) in [6.07, 6.45) is 2.02.